The van der Waals surface area contributed by atoms with E-state index >= 15 is 0 Å². The normalized spacial score (nSPS) is 16.8. The van der Waals surface area contributed by atoms with Crippen LogP contribution in [0.3, 0.4) is 0 Å². The van der Waals surface area contributed by atoms with E-state index in [-0.39, 0.29) is 11.6 Å². The minimum absolute atomic E-state index is 0.0769. The van der Waals surface area contributed by atoms with E-state index in [1.165, 1.54) is 23.0 Å². The van der Waals surface area contributed by atoms with E-state index in [1.807, 2.05) is 19.1 Å². The Labute approximate surface area is 149 Å². The molecule has 8 nitrogen and oxygen atoms in total. The highest BCUT2D eigenvalue weighted by Gasteiger charge is 2.32. The van der Waals surface area contributed by atoms with Crippen molar-refractivity contribution in [2.24, 2.45) is 0 Å². The van der Waals surface area contributed by atoms with Crippen molar-refractivity contribution in [2.75, 3.05) is 10.6 Å². The molecule has 1 aromatic carbocycles. The predicted octanol–water partition coefficient (Wildman–Crippen LogP) is 1.81. The second-order valence-corrected chi connectivity index (χ2v) is 8.30. The number of aromatic nitrogens is 3. The SMILES string of the molecule is CC1Cc2cc(-c3cn4cc(C(=O)O)cnc4n3)ccc2N1S(C)(=O)=O. The summed E-state index contributed by atoms with van der Waals surface area (Å²) in [4.78, 5) is 19.5. The van der Waals surface area contributed by atoms with Gasteiger partial charge in [0.15, 0.2) is 0 Å². The van der Waals surface area contributed by atoms with Gasteiger partial charge in [0.2, 0.25) is 15.8 Å². The number of carboxylic acid groups (broad SMARTS) is 1. The molecule has 0 fully saturated rings. The first-order valence-corrected chi connectivity index (χ1v) is 9.79. The molecule has 1 atom stereocenters. The molecular weight excluding hydrogens is 356 g/mol. The molecule has 26 heavy (non-hydrogen) atoms. The molecule has 1 N–H and O–H groups in total. The third kappa shape index (κ3) is 2.60. The number of fused-ring (bicyclic) bond motifs is 2. The van der Waals surface area contributed by atoms with Crippen LogP contribution in [-0.4, -0.2) is 46.2 Å². The molecule has 9 heteroatoms. The van der Waals surface area contributed by atoms with Gasteiger partial charge in [-0.1, -0.05) is 6.07 Å². The molecule has 0 aliphatic carbocycles. The number of imidazole rings is 1. The number of rotatable bonds is 3. The third-order valence-electron chi connectivity index (χ3n) is 4.44. The van der Waals surface area contributed by atoms with E-state index in [0.29, 0.717) is 23.6 Å². The molecule has 1 aliphatic heterocycles. The molecule has 0 saturated heterocycles. The summed E-state index contributed by atoms with van der Waals surface area (Å²) in [7, 11) is -3.33. The van der Waals surface area contributed by atoms with Crippen LogP contribution in [0.5, 0.6) is 0 Å². The lowest BCUT2D eigenvalue weighted by atomic mass is 10.1. The Morgan fingerprint density at radius 2 is 2.08 bits per heavy atom. The van der Waals surface area contributed by atoms with E-state index in [4.69, 9.17) is 5.11 Å². The summed E-state index contributed by atoms with van der Waals surface area (Å²) < 4.78 is 27.0. The fourth-order valence-corrected chi connectivity index (χ4v) is 4.67. The molecule has 0 spiro atoms. The van der Waals surface area contributed by atoms with Gasteiger partial charge in [0.05, 0.1) is 23.2 Å². The summed E-state index contributed by atoms with van der Waals surface area (Å²) in [6.07, 6.45) is 6.28. The third-order valence-corrected chi connectivity index (χ3v) is 5.71. The monoisotopic (exact) mass is 372 g/mol. The van der Waals surface area contributed by atoms with Crippen molar-refractivity contribution in [2.45, 2.75) is 19.4 Å². The van der Waals surface area contributed by atoms with Crippen LogP contribution in [0.15, 0.2) is 36.8 Å². The predicted molar refractivity (Wildman–Crippen MR) is 95.9 cm³/mol. The Hall–Kier alpha value is -2.94. The minimum Gasteiger partial charge on any atom is -0.478 e. The molecule has 134 valence electrons. The maximum atomic E-state index is 12.0. The highest BCUT2D eigenvalue weighted by atomic mass is 32.2. The number of hydrogen-bond donors (Lipinski definition) is 1. The van der Waals surface area contributed by atoms with Gasteiger partial charge in [-0.15, -0.1) is 0 Å². The Morgan fingerprint density at radius 1 is 1.31 bits per heavy atom. The van der Waals surface area contributed by atoms with Crippen LogP contribution in [0, 0.1) is 0 Å². The van der Waals surface area contributed by atoms with E-state index < -0.39 is 16.0 Å². The van der Waals surface area contributed by atoms with Crippen molar-refractivity contribution >= 4 is 27.5 Å². The van der Waals surface area contributed by atoms with Crippen molar-refractivity contribution in [3.8, 4) is 11.3 Å². The second kappa shape index (κ2) is 5.53. The number of nitrogens with zero attached hydrogens (tertiary/aromatic N) is 4. The van der Waals surface area contributed by atoms with Gasteiger partial charge in [-0.05, 0) is 31.0 Å². The van der Waals surface area contributed by atoms with Gasteiger partial charge in [0, 0.05) is 30.2 Å². The molecule has 1 unspecified atom stereocenters. The quantitative estimate of drug-likeness (QED) is 0.752. The number of benzene rings is 1. The summed E-state index contributed by atoms with van der Waals surface area (Å²) in [5, 5.41) is 9.06. The van der Waals surface area contributed by atoms with Crippen molar-refractivity contribution in [3.63, 3.8) is 0 Å². The van der Waals surface area contributed by atoms with Gasteiger partial charge in [0.1, 0.15) is 0 Å². The molecule has 0 radical (unpaired) electrons. The number of carbonyl (C=O) groups is 1. The summed E-state index contributed by atoms with van der Waals surface area (Å²) in [5.41, 5.74) is 3.19. The number of carboxylic acids is 1. The van der Waals surface area contributed by atoms with E-state index in [1.54, 1.807) is 16.7 Å². The standard InChI is InChI=1S/C17H16N4O4S/c1-10-5-12-6-11(3-4-15(12)21(10)26(2,24)25)14-9-20-8-13(16(22)23)7-18-17(20)19-14/h3-4,6-10H,5H2,1-2H3,(H,22,23). The number of anilines is 1. The largest absolute Gasteiger partial charge is 0.478 e. The van der Waals surface area contributed by atoms with Crippen LogP contribution in [0.1, 0.15) is 22.8 Å². The fourth-order valence-electron chi connectivity index (χ4n) is 3.40. The van der Waals surface area contributed by atoms with Gasteiger partial charge < -0.3 is 5.11 Å². The molecule has 0 saturated carbocycles. The molecule has 3 heterocycles. The van der Waals surface area contributed by atoms with Crippen LogP contribution < -0.4 is 4.31 Å². The van der Waals surface area contributed by atoms with Gasteiger partial charge in [0.25, 0.3) is 0 Å². The van der Waals surface area contributed by atoms with Crippen molar-refractivity contribution < 1.29 is 18.3 Å². The van der Waals surface area contributed by atoms with Gasteiger partial charge in [-0.3, -0.25) is 8.71 Å². The topological polar surface area (TPSA) is 105 Å². The molecular formula is C17H16N4O4S. The lowest BCUT2D eigenvalue weighted by Gasteiger charge is -2.21. The van der Waals surface area contributed by atoms with E-state index in [2.05, 4.69) is 9.97 Å². The summed E-state index contributed by atoms with van der Waals surface area (Å²) >= 11 is 0. The molecule has 3 aromatic rings. The van der Waals surface area contributed by atoms with Crippen LogP contribution in [0.25, 0.3) is 17.0 Å². The molecule has 0 bridgehead atoms. The molecule has 0 amide bonds. The Balaban J connectivity index is 1.77. The zero-order valence-electron chi connectivity index (χ0n) is 14.1. The smallest absolute Gasteiger partial charge is 0.338 e. The van der Waals surface area contributed by atoms with Crippen LogP contribution in [0.2, 0.25) is 0 Å². The highest BCUT2D eigenvalue weighted by Crippen LogP contribution is 2.36. The summed E-state index contributed by atoms with van der Waals surface area (Å²) in [5.74, 6) is -0.654. The van der Waals surface area contributed by atoms with Crippen LogP contribution in [-0.2, 0) is 16.4 Å². The molecule has 1 aliphatic rings. The molecule has 2 aromatic heterocycles. The maximum Gasteiger partial charge on any atom is 0.338 e. The van der Waals surface area contributed by atoms with E-state index in [9.17, 15) is 13.2 Å². The van der Waals surface area contributed by atoms with E-state index in [0.717, 1.165) is 11.1 Å². The zero-order valence-corrected chi connectivity index (χ0v) is 14.9. The summed E-state index contributed by atoms with van der Waals surface area (Å²) in [6.45, 7) is 1.88. The molecule has 4 rings (SSSR count). The van der Waals surface area contributed by atoms with Gasteiger partial charge in [-0.25, -0.2) is 23.2 Å². The Kier molecular flexibility index (Phi) is 3.52. The first-order chi connectivity index (χ1) is 12.2. The lowest BCUT2D eigenvalue weighted by molar-refractivity contribution is 0.0696. The highest BCUT2D eigenvalue weighted by molar-refractivity contribution is 7.92. The first kappa shape index (κ1) is 16.5. The van der Waals surface area contributed by atoms with Crippen molar-refractivity contribution in [1.29, 1.82) is 0 Å². The second-order valence-electron chi connectivity index (χ2n) is 6.44. The fraction of sp³-hybridized carbons (Fsp3) is 0.235. The average Bonchev–Trinajstić information content (AvgIpc) is 3.12. The van der Waals surface area contributed by atoms with Crippen molar-refractivity contribution in [1.82, 2.24) is 14.4 Å². The average molecular weight is 372 g/mol. The number of sulfonamides is 1. The first-order valence-electron chi connectivity index (χ1n) is 7.95. The maximum absolute atomic E-state index is 12.0. The minimum atomic E-state index is -3.33. The van der Waals surface area contributed by atoms with Crippen LogP contribution >= 0.6 is 0 Å². The Bertz CT molecular complexity index is 1150. The number of aromatic carboxylic acids is 1. The number of hydrogen-bond acceptors (Lipinski definition) is 5. The Morgan fingerprint density at radius 3 is 2.77 bits per heavy atom. The summed E-state index contributed by atoms with van der Waals surface area (Å²) in [6, 6.07) is 5.40. The van der Waals surface area contributed by atoms with Crippen LogP contribution in [0.4, 0.5) is 5.69 Å². The van der Waals surface area contributed by atoms with Crippen molar-refractivity contribution in [3.05, 3.63) is 47.9 Å². The van der Waals surface area contributed by atoms with Gasteiger partial charge >= 0.3 is 5.97 Å². The zero-order chi connectivity index (χ0) is 18.6. The lowest BCUT2D eigenvalue weighted by Crippen LogP contribution is -2.34. The van der Waals surface area contributed by atoms with Gasteiger partial charge in [-0.2, -0.15) is 0 Å².